The summed E-state index contributed by atoms with van der Waals surface area (Å²) in [6.45, 7) is 7.21. The number of nitrogens with zero attached hydrogens (tertiary/aromatic N) is 2. The van der Waals surface area contributed by atoms with Gasteiger partial charge in [0.1, 0.15) is 6.54 Å². The van der Waals surface area contributed by atoms with Crippen LogP contribution in [0.4, 0.5) is 0 Å². The largest absolute Gasteiger partial charge is 0.338 e. The minimum atomic E-state index is -0.0494. The summed E-state index contributed by atoms with van der Waals surface area (Å²) < 4.78 is 0. The van der Waals surface area contributed by atoms with E-state index in [2.05, 4.69) is 6.92 Å². The Morgan fingerprint density at radius 1 is 1.26 bits per heavy atom. The molecule has 1 heterocycles. The van der Waals surface area contributed by atoms with Crippen molar-refractivity contribution in [3.63, 3.8) is 0 Å². The van der Waals surface area contributed by atoms with Gasteiger partial charge in [0.05, 0.1) is 0 Å². The standard InChI is InChI=1S/C19H28N2O2/c1-4-18-11-7-8-12-21(18)19(23)14-20(16(3)22)13-17-10-6-5-9-15(17)2/h5-6,9-10,18H,4,7-8,11-14H2,1-3H3. The van der Waals surface area contributed by atoms with Crippen molar-refractivity contribution in [3.05, 3.63) is 35.4 Å². The number of carbonyl (C=O) groups excluding carboxylic acids is 2. The average molecular weight is 316 g/mol. The van der Waals surface area contributed by atoms with Crippen LogP contribution >= 0.6 is 0 Å². The molecule has 126 valence electrons. The first-order valence-electron chi connectivity index (χ1n) is 8.62. The van der Waals surface area contributed by atoms with Gasteiger partial charge in [-0.2, -0.15) is 0 Å². The lowest BCUT2D eigenvalue weighted by molar-refractivity contribution is -0.142. The maximum Gasteiger partial charge on any atom is 0.242 e. The van der Waals surface area contributed by atoms with Gasteiger partial charge < -0.3 is 9.80 Å². The predicted molar refractivity (Wildman–Crippen MR) is 91.9 cm³/mol. The van der Waals surface area contributed by atoms with Crippen molar-refractivity contribution >= 4 is 11.8 Å². The molecule has 0 N–H and O–H groups in total. The molecule has 4 nitrogen and oxygen atoms in total. The van der Waals surface area contributed by atoms with Crippen LogP contribution in [0.2, 0.25) is 0 Å². The van der Waals surface area contributed by atoms with Crippen molar-refractivity contribution in [2.45, 2.75) is 59.0 Å². The van der Waals surface area contributed by atoms with Crippen LogP contribution in [0.25, 0.3) is 0 Å². The molecule has 1 saturated heterocycles. The van der Waals surface area contributed by atoms with E-state index in [1.807, 2.05) is 36.1 Å². The van der Waals surface area contributed by atoms with Gasteiger partial charge >= 0.3 is 0 Å². The molecule has 1 unspecified atom stereocenters. The van der Waals surface area contributed by atoms with Crippen LogP contribution in [-0.4, -0.2) is 40.7 Å². The third-order valence-electron chi connectivity index (χ3n) is 4.81. The molecule has 0 spiro atoms. The van der Waals surface area contributed by atoms with Gasteiger partial charge in [0, 0.05) is 26.1 Å². The zero-order valence-corrected chi connectivity index (χ0v) is 14.5. The van der Waals surface area contributed by atoms with Gasteiger partial charge in [-0.15, -0.1) is 0 Å². The lowest BCUT2D eigenvalue weighted by Gasteiger charge is -2.36. The molecule has 1 aromatic carbocycles. The van der Waals surface area contributed by atoms with E-state index in [4.69, 9.17) is 0 Å². The normalized spacial score (nSPS) is 17.9. The monoisotopic (exact) mass is 316 g/mol. The quantitative estimate of drug-likeness (QED) is 0.837. The Kier molecular flexibility index (Phi) is 6.20. The van der Waals surface area contributed by atoms with E-state index < -0.39 is 0 Å². The molecule has 0 saturated carbocycles. The molecular weight excluding hydrogens is 288 g/mol. The van der Waals surface area contributed by atoms with E-state index in [-0.39, 0.29) is 18.4 Å². The molecule has 23 heavy (non-hydrogen) atoms. The van der Waals surface area contributed by atoms with Crippen LogP contribution in [0.3, 0.4) is 0 Å². The fourth-order valence-corrected chi connectivity index (χ4v) is 3.28. The van der Waals surface area contributed by atoms with Gasteiger partial charge in [0.25, 0.3) is 0 Å². The molecule has 1 fully saturated rings. The Morgan fingerprint density at radius 3 is 2.65 bits per heavy atom. The van der Waals surface area contributed by atoms with Crippen LogP contribution in [0.5, 0.6) is 0 Å². The van der Waals surface area contributed by atoms with Gasteiger partial charge in [-0.1, -0.05) is 31.2 Å². The highest BCUT2D eigenvalue weighted by Crippen LogP contribution is 2.20. The first kappa shape index (κ1) is 17.5. The second kappa shape index (κ2) is 8.14. The van der Waals surface area contributed by atoms with Crippen LogP contribution < -0.4 is 0 Å². The summed E-state index contributed by atoms with van der Waals surface area (Å²) in [7, 11) is 0. The number of likely N-dealkylation sites (tertiary alicyclic amines) is 1. The van der Waals surface area contributed by atoms with E-state index in [0.717, 1.165) is 36.9 Å². The molecule has 0 aromatic heterocycles. The molecule has 0 radical (unpaired) electrons. The van der Waals surface area contributed by atoms with Gasteiger partial charge in [0.15, 0.2) is 0 Å². The third-order valence-corrected chi connectivity index (χ3v) is 4.81. The topological polar surface area (TPSA) is 40.6 Å². The van der Waals surface area contributed by atoms with E-state index in [0.29, 0.717) is 12.6 Å². The third kappa shape index (κ3) is 4.57. The Labute approximate surface area is 139 Å². The van der Waals surface area contributed by atoms with Crippen molar-refractivity contribution < 1.29 is 9.59 Å². The lowest BCUT2D eigenvalue weighted by atomic mass is 10.00. The summed E-state index contributed by atoms with van der Waals surface area (Å²) in [4.78, 5) is 28.3. The van der Waals surface area contributed by atoms with Crippen molar-refractivity contribution in [2.24, 2.45) is 0 Å². The summed E-state index contributed by atoms with van der Waals surface area (Å²) in [5.41, 5.74) is 2.25. The van der Waals surface area contributed by atoms with Crippen LogP contribution in [-0.2, 0) is 16.1 Å². The number of rotatable bonds is 5. The lowest BCUT2D eigenvalue weighted by Crippen LogP contribution is -2.48. The zero-order valence-electron chi connectivity index (χ0n) is 14.5. The van der Waals surface area contributed by atoms with Gasteiger partial charge in [-0.05, 0) is 43.7 Å². The van der Waals surface area contributed by atoms with Crippen molar-refractivity contribution in [1.82, 2.24) is 9.80 Å². The summed E-state index contributed by atoms with van der Waals surface area (Å²) in [5, 5.41) is 0. The molecule has 2 amide bonds. The smallest absolute Gasteiger partial charge is 0.242 e. The minimum absolute atomic E-state index is 0.0494. The van der Waals surface area contributed by atoms with Crippen LogP contribution in [0.1, 0.15) is 50.7 Å². The fourth-order valence-electron chi connectivity index (χ4n) is 3.28. The number of carbonyl (C=O) groups is 2. The van der Waals surface area contributed by atoms with E-state index in [9.17, 15) is 9.59 Å². The highest BCUT2D eigenvalue weighted by Gasteiger charge is 2.27. The molecule has 1 aliphatic heterocycles. The van der Waals surface area contributed by atoms with Crippen LogP contribution in [0, 0.1) is 6.92 Å². The van der Waals surface area contributed by atoms with Crippen molar-refractivity contribution in [2.75, 3.05) is 13.1 Å². The highest BCUT2D eigenvalue weighted by atomic mass is 16.2. The summed E-state index contributed by atoms with van der Waals surface area (Å²) >= 11 is 0. The van der Waals surface area contributed by atoms with Gasteiger partial charge in [-0.3, -0.25) is 9.59 Å². The Balaban J connectivity index is 2.05. The van der Waals surface area contributed by atoms with Gasteiger partial charge in [0.2, 0.25) is 11.8 Å². The Hall–Kier alpha value is -1.84. The molecule has 1 atom stereocenters. The Morgan fingerprint density at radius 2 is 2.00 bits per heavy atom. The fraction of sp³-hybridized carbons (Fsp3) is 0.579. The molecule has 1 aromatic rings. The maximum atomic E-state index is 12.7. The molecule has 2 rings (SSSR count). The number of hydrogen-bond donors (Lipinski definition) is 0. The van der Waals surface area contributed by atoms with Crippen LogP contribution in [0.15, 0.2) is 24.3 Å². The number of amides is 2. The number of aryl methyl sites for hydroxylation is 1. The maximum absolute atomic E-state index is 12.7. The first-order valence-corrected chi connectivity index (χ1v) is 8.62. The summed E-state index contributed by atoms with van der Waals surface area (Å²) in [5.74, 6) is 0.0343. The highest BCUT2D eigenvalue weighted by molar-refractivity contribution is 5.84. The SMILES string of the molecule is CCC1CCCCN1C(=O)CN(Cc1ccccc1C)C(C)=O. The molecule has 1 aliphatic rings. The average Bonchev–Trinajstić information content (AvgIpc) is 2.55. The number of benzene rings is 1. The minimum Gasteiger partial charge on any atom is -0.338 e. The summed E-state index contributed by atoms with van der Waals surface area (Å²) in [6.07, 6.45) is 4.34. The number of hydrogen-bond acceptors (Lipinski definition) is 2. The van der Waals surface area contributed by atoms with E-state index >= 15 is 0 Å². The second-order valence-electron chi connectivity index (χ2n) is 6.45. The predicted octanol–water partition coefficient (Wildman–Crippen LogP) is 3.13. The summed E-state index contributed by atoms with van der Waals surface area (Å²) in [6, 6.07) is 8.35. The van der Waals surface area contributed by atoms with E-state index in [1.54, 1.807) is 11.8 Å². The van der Waals surface area contributed by atoms with Crippen molar-refractivity contribution in [1.29, 1.82) is 0 Å². The van der Waals surface area contributed by atoms with Gasteiger partial charge in [-0.25, -0.2) is 0 Å². The van der Waals surface area contributed by atoms with Crippen molar-refractivity contribution in [3.8, 4) is 0 Å². The zero-order chi connectivity index (χ0) is 16.8. The Bertz CT molecular complexity index is 556. The first-order chi connectivity index (χ1) is 11.0. The molecular formula is C19H28N2O2. The molecule has 0 bridgehead atoms. The molecule has 0 aliphatic carbocycles. The second-order valence-corrected chi connectivity index (χ2v) is 6.45. The van der Waals surface area contributed by atoms with E-state index in [1.165, 1.54) is 6.42 Å². The molecule has 4 heteroatoms. The number of piperidine rings is 1.